The van der Waals surface area contributed by atoms with Crippen LogP contribution in [0.1, 0.15) is 0 Å². The van der Waals surface area contributed by atoms with Gasteiger partial charge in [-0.15, -0.1) is 0 Å². The molecule has 0 aliphatic heterocycles. The van der Waals surface area contributed by atoms with Crippen LogP contribution in [0.3, 0.4) is 0 Å². The molecule has 0 saturated heterocycles. The molecular formula is N4Si3Ti3. The van der Waals surface area contributed by atoms with Crippen molar-refractivity contribution in [1.29, 1.82) is 0 Å². The Hall–Kier alpha value is 2.63. The fourth-order valence-electron chi connectivity index (χ4n) is 0. The summed E-state index contributed by atoms with van der Waals surface area (Å²) < 4.78 is 0. The molecule has 0 heterocycles. The maximum Gasteiger partial charge on any atom is 4.00 e. The molecule has 0 amide bonds. The van der Waals surface area contributed by atoms with E-state index >= 15 is 0 Å². The molecule has 0 N–H and O–H groups in total. The van der Waals surface area contributed by atoms with Gasteiger partial charge in [0.1, 0.15) is 0 Å². The summed E-state index contributed by atoms with van der Waals surface area (Å²) in [6.07, 6.45) is 0. The van der Waals surface area contributed by atoms with E-state index in [1.54, 1.807) is 0 Å². The van der Waals surface area contributed by atoms with Gasteiger partial charge in [-0.2, -0.15) is 0 Å². The normalized spacial score (nSPS) is 0. The van der Waals surface area contributed by atoms with E-state index < -0.39 is 0 Å². The van der Waals surface area contributed by atoms with Crippen LogP contribution in [-0.2, 0) is 65.2 Å². The molecule has 0 bridgehead atoms. The van der Waals surface area contributed by atoms with Crippen molar-refractivity contribution < 1.29 is 65.2 Å². The third-order valence-corrected chi connectivity index (χ3v) is 0. The summed E-state index contributed by atoms with van der Waals surface area (Å²) in [7, 11) is 0. The molecule has 0 atom stereocenters. The van der Waals surface area contributed by atoms with Crippen LogP contribution in [0.15, 0.2) is 0 Å². The van der Waals surface area contributed by atoms with Crippen molar-refractivity contribution in [2.45, 2.75) is 0 Å². The van der Waals surface area contributed by atoms with Gasteiger partial charge in [-0.05, 0) is 0 Å². The third kappa shape index (κ3) is 142. The van der Waals surface area contributed by atoms with Crippen molar-refractivity contribution in [3.8, 4) is 0 Å². The molecule has 0 aliphatic rings. The van der Waals surface area contributed by atoms with Crippen LogP contribution < -0.4 is 0 Å². The number of nitrogens with zero attached hydrogens (tertiary/aromatic N) is 4. The Morgan fingerprint density at radius 2 is 0.300 bits per heavy atom. The summed E-state index contributed by atoms with van der Waals surface area (Å²) >= 11 is 0. The van der Waals surface area contributed by atoms with Crippen LogP contribution in [0.4, 0.5) is 0 Å². The summed E-state index contributed by atoms with van der Waals surface area (Å²) in [5, 5.41) is 0. The standard InChI is InChI=1S/4N.3Si.3Ti/q4*-3;;;;3*+4. The second kappa shape index (κ2) is 190. The second-order valence-corrected chi connectivity index (χ2v) is 0. The quantitative estimate of drug-likeness (QED) is 0.556. The Morgan fingerprint density at radius 3 is 0.300 bits per heavy atom. The predicted molar refractivity (Wildman–Crippen MR) is 30.7 cm³/mol. The fourth-order valence-corrected chi connectivity index (χ4v) is 0. The fraction of sp³-hybridized carbons (Fsp3) is 0. The van der Waals surface area contributed by atoms with E-state index in [0.29, 0.717) is 0 Å². The van der Waals surface area contributed by atoms with E-state index in [-0.39, 0.29) is 123 Å². The topological polar surface area (TPSA) is 122 Å². The van der Waals surface area contributed by atoms with Gasteiger partial charge in [0.2, 0.25) is 0 Å². The first-order chi connectivity index (χ1) is 0. The first kappa shape index (κ1) is 247. The largest absolute Gasteiger partial charge is 4.00 e. The molecule has 0 spiro atoms. The summed E-state index contributed by atoms with van der Waals surface area (Å²) in [5.41, 5.74) is 0. The molecule has 0 aromatic heterocycles. The molecule has 10 heteroatoms. The summed E-state index contributed by atoms with van der Waals surface area (Å²) in [5.74, 6) is 0. The Bertz CT molecular complexity index is 15.7. The van der Waals surface area contributed by atoms with Gasteiger partial charge in [0.15, 0.2) is 0 Å². The Labute approximate surface area is 121 Å². The van der Waals surface area contributed by atoms with Crippen LogP contribution in [0.5, 0.6) is 0 Å². The van der Waals surface area contributed by atoms with E-state index in [1.807, 2.05) is 0 Å². The van der Waals surface area contributed by atoms with E-state index in [9.17, 15) is 0 Å². The van der Waals surface area contributed by atoms with Gasteiger partial charge in [0.25, 0.3) is 0 Å². The maximum atomic E-state index is 0. The van der Waals surface area contributed by atoms with Gasteiger partial charge in [0, 0.05) is 32.9 Å². The average Bonchev–Trinajstić information content (AvgIpc) is 0. The zero-order valence-electron chi connectivity index (χ0n) is 4.79. The van der Waals surface area contributed by atoms with Crippen molar-refractivity contribution in [1.82, 2.24) is 0 Å². The van der Waals surface area contributed by atoms with Crippen LogP contribution >= 0.6 is 0 Å². The minimum absolute atomic E-state index is 0. The zero-order chi connectivity index (χ0) is 0. The smallest absolute Gasteiger partial charge is 3.00 e. The zero-order valence-corrected chi connectivity index (χ0v) is 12.5. The molecule has 0 unspecified atom stereocenters. The molecule has 0 aromatic carbocycles. The maximum absolute atomic E-state index is 0. The van der Waals surface area contributed by atoms with Gasteiger partial charge in [-0.3, -0.25) is 0 Å². The molecule has 10 heavy (non-hydrogen) atoms. The Morgan fingerprint density at radius 1 is 0.300 bits per heavy atom. The monoisotopic (exact) mass is 284 g/mol. The molecule has 12 radical (unpaired) electrons. The Balaban J connectivity index is 0. The van der Waals surface area contributed by atoms with E-state index in [1.165, 1.54) is 0 Å². The van der Waals surface area contributed by atoms with E-state index in [0.717, 1.165) is 0 Å². The van der Waals surface area contributed by atoms with Crippen molar-refractivity contribution in [3.63, 3.8) is 0 Å². The molecule has 0 fully saturated rings. The molecule has 0 rings (SSSR count). The van der Waals surface area contributed by atoms with E-state index in [4.69, 9.17) is 0 Å². The first-order valence-electron chi connectivity index (χ1n) is 0. The molecule has 44 valence electrons. The summed E-state index contributed by atoms with van der Waals surface area (Å²) in [6.45, 7) is 0. The third-order valence-electron chi connectivity index (χ3n) is 0. The van der Waals surface area contributed by atoms with Crippen LogP contribution in [-0.4, -0.2) is 32.9 Å². The minimum atomic E-state index is 0. The molecule has 0 aliphatic carbocycles. The van der Waals surface area contributed by atoms with E-state index in [2.05, 4.69) is 0 Å². The van der Waals surface area contributed by atoms with Gasteiger partial charge in [-0.1, -0.05) is 0 Å². The van der Waals surface area contributed by atoms with Crippen molar-refractivity contribution in [2.75, 3.05) is 0 Å². The molecular weight excluding hydrogens is 284 g/mol. The van der Waals surface area contributed by atoms with Crippen LogP contribution in [0, 0.1) is 0 Å². The number of rotatable bonds is 0. The van der Waals surface area contributed by atoms with Crippen molar-refractivity contribution in [2.24, 2.45) is 0 Å². The summed E-state index contributed by atoms with van der Waals surface area (Å²) in [4.78, 5) is 0. The number of hydrogen-bond acceptors (Lipinski definition) is 0. The second-order valence-electron chi connectivity index (χ2n) is 0. The van der Waals surface area contributed by atoms with Crippen molar-refractivity contribution in [3.05, 3.63) is 24.6 Å². The molecule has 0 aromatic rings. The first-order valence-corrected chi connectivity index (χ1v) is 0. The summed E-state index contributed by atoms with van der Waals surface area (Å²) in [6, 6.07) is 0. The van der Waals surface area contributed by atoms with Gasteiger partial charge in [0.05, 0.1) is 0 Å². The minimum Gasteiger partial charge on any atom is -3.00 e. The van der Waals surface area contributed by atoms with Gasteiger partial charge < -0.3 is 24.6 Å². The van der Waals surface area contributed by atoms with Crippen molar-refractivity contribution >= 4 is 32.9 Å². The SMILES string of the molecule is [N-3].[N-3].[N-3].[N-3].[Si].[Si].[Si].[Ti+4].[Ti+4].[Ti+4]. The van der Waals surface area contributed by atoms with Crippen LogP contribution in [0.2, 0.25) is 0 Å². The Kier molecular flexibility index (Phi) is 4680. The van der Waals surface area contributed by atoms with Gasteiger partial charge in [-0.25, -0.2) is 0 Å². The van der Waals surface area contributed by atoms with Gasteiger partial charge >= 0.3 is 65.2 Å². The average molecular weight is 284 g/mol. The molecule has 4 nitrogen and oxygen atoms in total. The molecule has 0 saturated carbocycles. The van der Waals surface area contributed by atoms with Crippen LogP contribution in [0.25, 0.3) is 24.6 Å². The predicted octanol–water partition coefficient (Wildman–Crippen LogP) is 0.00490. The number of hydrogen-bond donors (Lipinski definition) is 0.